The van der Waals surface area contributed by atoms with Crippen LogP contribution in [0.4, 0.5) is 5.69 Å². The fourth-order valence-corrected chi connectivity index (χ4v) is 3.22. The Bertz CT molecular complexity index is 450. The van der Waals surface area contributed by atoms with Crippen LogP contribution in [0.1, 0.15) is 5.56 Å². The molecule has 0 amide bonds. The second-order valence-electron chi connectivity index (χ2n) is 2.74. The van der Waals surface area contributed by atoms with Crippen molar-refractivity contribution in [1.82, 2.24) is 0 Å². The SMILES string of the molecule is Nc1cccc2c(CCl)c(S)sc12. The molecule has 0 saturated heterocycles. The number of hydrogen-bond acceptors (Lipinski definition) is 3. The van der Waals surface area contributed by atoms with Crippen molar-refractivity contribution in [3.63, 3.8) is 0 Å². The van der Waals surface area contributed by atoms with Gasteiger partial charge >= 0.3 is 0 Å². The van der Waals surface area contributed by atoms with Gasteiger partial charge in [0.1, 0.15) is 0 Å². The van der Waals surface area contributed by atoms with E-state index in [1.807, 2.05) is 18.2 Å². The summed E-state index contributed by atoms with van der Waals surface area (Å²) in [6, 6.07) is 5.86. The van der Waals surface area contributed by atoms with Gasteiger partial charge in [-0.25, -0.2) is 0 Å². The van der Waals surface area contributed by atoms with Gasteiger partial charge in [-0.2, -0.15) is 0 Å². The predicted molar refractivity (Wildman–Crippen MR) is 63.0 cm³/mol. The molecule has 0 unspecified atom stereocenters. The molecule has 2 rings (SSSR count). The molecule has 1 aromatic heterocycles. The molecule has 0 atom stereocenters. The van der Waals surface area contributed by atoms with Gasteiger partial charge in [0.05, 0.1) is 8.91 Å². The Balaban J connectivity index is 2.86. The van der Waals surface area contributed by atoms with Crippen LogP contribution in [0, 0.1) is 0 Å². The second-order valence-corrected chi connectivity index (χ2v) is 4.78. The lowest BCUT2D eigenvalue weighted by Crippen LogP contribution is -1.83. The van der Waals surface area contributed by atoms with E-state index in [9.17, 15) is 0 Å². The number of nitrogen functional groups attached to an aromatic ring is 1. The summed E-state index contributed by atoms with van der Waals surface area (Å²) in [4.78, 5) is 0. The molecule has 0 bridgehead atoms. The van der Waals surface area contributed by atoms with Crippen LogP contribution in [0.15, 0.2) is 22.4 Å². The predicted octanol–water partition coefficient (Wildman–Crippen LogP) is 3.51. The number of fused-ring (bicyclic) bond motifs is 1. The van der Waals surface area contributed by atoms with Crippen molar-refractivity contribution in [2.75, 3.05) is 5.73 Å². The summed E-state index contributed by atoms with van der Waals surface area (Å²) >= 11 is 11.8. The van der Waals surface area contributed by atoms with Gasteiger partial charge in [0.2, 0.25) is 0 Å². The molecule has 2 aromatic rings. The maximum atomic E-state index is 5.83. The van der Waals surface area contributed by atoms with E-state index in [1.54, 1.807) is 11.3 Å². The van der Waals surface area contributed by atoms with Gasteiger partial charge in [-0.15, -0.1) is 35.6 Å². The third kappa shape index (κ3) is 1.41. The molecule has 0 radical (unpaired) electrons. The van der Waals surface area contributed by atoms with Crippen LogP contribution in [-0.4, -0.2) is 0 Å². The van der Waals surface area contributed by atoms with E-state index in [2.05, 4.69) is 12.6 Å². The Morgan fingerprint density at radius 3 is 2.92 bits per heavy atom. The molecule has 0 spiro atoms. The van der Waals surface area contributed by atoms with E-state index in [0.717, 1.165) is 25.5 Å². The van der Waals surface area contributed by atoms with Crippen molar-refractivity contribution >= 4 is 51.3 Å². The Hall–Kier alpha value is -0.380. The lowest BCUT2D eigenvalue weighted by atomic mass is 10.2. The number of halogens is 1. The van der Waals surface area contributed by atoms with E-state index in [1.165, 1.54) is 0 Å². The minimum atomic E-state index is 0.488. The van der Waals surface area contributed by atoms with Crippen LogP contribution in [0.5, 0.6) is 0 Å². The van der Waals surface area contributed by atoms with E-state index >= 15 is 0 Å². The monoisotopic (exact) mass is 229 g/mol. The summed E-state index contributed by atoms with van der Waals surface area (Å²) in [5.41, 5.74) is 7.71. The van der Waals surface area contributed by atoms with Crippen LogP contribution in [-0.2, 0) is 5.88 Å². The van der Waals surface area contributed by atoms with Crippen molar-refractivity contribution in [1.29, 1.82) is 0 Å². The summed E-state index contributed by atoms with van der Waals surface area (Å²) in [6.07, 6.45) is 0. The topological polar surface area (TPSA) is 26.0 Å². The Kier molecular flexibility index (Phi) is 2.41. The lowest BCUT2D eigenvalue weighted by Gasteiger charge is -1.95. The number of anilines is 1. The van der Waals surface area contributed by atoms with Gasteiger partial charge in [-0.05, 0) is 11.6 Å². The first-order valence-corrected chi connectivity index (χ1v) is 5.58. The van der Waals surface area contributed by atoms with Crippen LogP contribution in [0.25, 0.3) is 10.1 Å². The van der Waals surface area contributed by atoms with E-state index in [0.29, 0.717) is 5.88 Å². The minimum absolute atomic E-state index is 0.488. The first-order valence-electron chi connectivity index (χ1n) is 3.79. The van der Waals surface area contributed by atoms with Gasteiger partial charge in [-0.1, -0.05) is 12.1 Å². The van der Waals surface area contributed by atoms with Gasteiger partial charge in [0.15, 0.2) is 0 Å². The largest absolute Gasteiger partial charge is 0.398 e. The molecular formula is C9H8ClNS2. The second kappa shape index (κ2) is 3.40. The summed E-state index contributed by atoms with van der Waals surface area (Å²) in [6.45, 7) is 0. The van der Waals surface area contributed by atoms with Gasteiger partial charge in [-0.3, -0.25) is 0 Å². The number of thiol groups is 1. The van der Waals surface area contributed by atoms with Crippen molar-refractivity contribution in [2.45, 2.75) is 10.1 Å². The van der Waals surface area contributed by atoms with E-state index in [4.69, 9.17) is 17.3 Å². The molecular weight excluding hydrogens is 222 g/mol. The molecule has 1 aromatic carbocycles. The van der Waals surface area contributed by atoms with Crippen LogP contribution >= 0.6 is 35.6 Å². The Labute approximate surface area is 90.9 Å². The number of hydrogen-bond donors (Lipinski definition) is 2. The Morgan fingerprint density at radius 1 is 1.46 bits per heavy atom. The zero-order valence-electron chi connectivity index (χ0n) is 6.75. The number of nitrogens with two attached hydrogens (primary N) is 1. The average molecular weight is 230 g/mol. The van der Waals surface area contributed by atoms with Crippen molar-refractivity contribution in [2.24, 2.45) is 0 Å². The standard InChI is InChI=1S/C9H8ClNS2/c10-4-6-5-2-1-3-7(11)8(5)13-9(6)12/h1-3,12H,4,11H2. The highest BCUT2D eigenvalue weighted by Gasteiger charge is 2.09. The molecule has 1 nitrogen and oxygen atoms in total. The third-order valence-electron chi connectivity index (χ3n) is 1.96. The summed E-state index contributed by atoms with van der Waals surface area (Å²) < 4.78 is 2.05. The van der Waals surface area contributed by atoms with Crippen LogP contribution < -0.4 is 5.73 Å². The lowest BCUT2D eigenvalue weighted by molar-refractivity contribution is 1.40. The van der Waals surface area contributed by atoms with Crippen molar-refractivity contribution < 1.29 is 0 Å². The maximum absolute atomic E-state index is 5.83. The van der Waals surface area contributed by atoms with Gasteiger partial charge in [0.25, 0.3) is 0 Å². The highest BCUT2D eigenvalue weighted by molar-refractivity contribution is 7.83. The van der Waals surface area contributed by atoms with Crippen LogP contribution in [0.3, 0.4) is 0 Å². The van der Waals surface area contributed by atoms with E-state index < -0.39 is 0 Å². The fourth-order valence-electron chi connectivity index (χ4n) is 1.31. The minimum Gasteiger partial charge on any atom is -0.398 e. The number of benzene rings is 1. The molecule has 0 aliphatic rings. The first kappa shape index (κ1) is 9.19. The molecule has 13 heavy (non-hydrogen) atoms. The zero-order valence-corrected chi connectivity index (χ0v) is 9.22. The highest BCUT2D eigenvalue weighted by Crippen LogP contribution is 2.37. The summed E-state index contributed by atoms with van der Waals surface area (Å²) in [7, 11) is 0. The molecule has 0 fully saturated rings. The van der Waals surface area contributed by atoms with Crippen LogP contribution in [0.2, 0.25) is 0 Å². The third-order valence-corrected chi connectivity index (χ3v) is 3.87. The zero-order chi connectivity index (χ0) is 9.42. The van der Waals surface area contributed by atoms with E-state index in [-0.39, 0.29) is 0 Å². The van der Waals surface area contributed by atoms with Crippen molar-refractivity contribution in [3.05, 3.63) is 23.8 Å². The molecule has 4 heteroatoms. The smallest absolute Gasteiger partial charge is 0.0625 e. The number of rotatable bonds is 1. The first-order chi connectivity index (χ1) is 6.24. The quantitative estimate of drug-likeness (QED) is 0.437. The molecule has 2 N–H and O–H groups in total. The Morgan fingerprint density at radius 2 is 2.23 bits per heavy atom. The maximum Gasteiger partial charge on any atom is 0.0625 e. The van der Waals surface area contributed by atoms with Gasteiger partial charge < -0.3 is 5.73 Å². The summed E-state index contributed by atoms with van der Waals surface area (Å²) in [5.74, 6) is 0.488. The normalized spacial score (nSPS) is 10.9. The molecule has 68 valence electrons. The number of thiophene rings is 1. The molecule has 0 aliphatic heterocycles. The van der Waals surface area contributed by atoms with Gasteiger partial charge in [0, 0.05) is 17.0 Å². The van der Waals surface area contributed by atoms with Crippen molar-refractivity contribution in [3.8, 4) is 0 Å². The number of alkyl halides is 1. The molecule has 0 aliphatic carbocycles. The average Bonchev–Trinajstić information content (AvgIpc) is 2.43. The fraction of sp³-hybridized carbons (Fsp3) is 0.111. The molecule has 0 saturated carbocycles. The highest BCUT2D eigenvalue weighted by atomic mass is 35.5. The summed E-state index contributed by atoms with van der Waals surface area (Å²) in [5, 5.41) is 1.13. The molecule has 1 heterocycles.